The molecule has 2 amide bonds. The summed E-state index contributed by atoms with van der Waals surface area (Å²) in [7, 11) is 0. The second-order valence-corrected chi connectivity index (χ2v) is 8.37. The first-order chi connectivity index (χ1) is 12.1. The molecule has 0 unspecified atom stereocenters. The van der Waals surface area contributed by atoms with E-state index in [1.165, 1.54) is 13.8 Å². The summed E-state index contributed by atoms with van der Waals surface area (Å²) in [5.74, 6) is -1.24. The molecule has 0 saturated carbocycles. The van der Waals surface area contributed by atoms with Crippen LogP contribution in [0.3, 0.4) is 0 Å². The van der Waals surface area contributed by atoms with Gasteiger partial charge >= 0.3 is 5.97 Å². The third-order valence-corrected chi connectivity index (χ3v) is 6.04. The van der Waals surface area contributed by atoms with Crippen molar-refractivity contribution >= 4 is 114 Å². The first kappa shape index (κ1) is 23.5. The van der Waals surface area contributed by atoms with E-state index in [4.69, 9.17) is 15.2 Å². The van der Waals surface area contributed by atoms with Gasteiger partial charge in [-0.15, -0.1) is 0 Å². The third kappa shape index (κ3) is 6.59. The molecule has 26 heavy (non-hydrogen) atoms. The fraction of sp³-hybridized carbons (Fsp3) is 0.286. The SMILES string of the molecule is CC(=O)Nc1c(I)c(NC(C)=O)c(I)c(C(=O)OCCOC(N)=S)c1I. The van der Waals surface area contributed by atoms with Gasteiger partial charge in [-0.25, -0.2) is 4.79 Å². The molecule has 0 spiro atoms. The zero-order chi connectivity index (χ0) is 20.0. The van der Waals surface area contributed by atoms with E-state index in [0.717, 1.165) is 0 Å². The summed E-state index contributed by atoms with van der Waals surface area (Å²) in [6, 6.07) is 0. The third-order valence-electron chi connectivity index (χ3n) is 2.68. The van der Waals surface area contributed by atoms with Crippen molar-refractivity contribution in [2.75, 3.05) is 23.8 Å². The molecule has 1 rings (SSSR count). The molecule has 0 saturated heterocycles. The number of benzene rings is 1. The number of carbonyl (C=O) groups is 3. The Bertz CT molecular complexity index is 730. The highest BCUT2D eigenvalue weighted by Gasteiger charge is 2.26. The first-order valence-electron chi connectivity index (χ1n) is 6.91. The molecular formula is C14H14I3N3O5S. The maximum absolute atomic E-state index is 12.5. The highest BCUT2D eigenvalue weighted by molar-refractivity contribution is 14.1. The predicted molar refractivity (Wildman–Crippen MR) is 126 cm³/mol. The average Bonchev–Trinajstić information content (AvgIpc) is 2.52. The molecule has 0 bridgehead atoms. The van der Waals surface area contributed by atoms with E-state index in [9.17, 15) is 14.4 Å². The van der Waals surface area contributed by atoms with Crippen LogP contribution in [0.1, 0.15) is 24.2 Å². The molecule has 0 heterocycles. The van der Waals surface area contributed by atoms with Gasteiger partial charge in [0.15, 0.2) is 0 Å². The summed E-state index contributed by atoms with van der Waals surface area (Å²) in [6.45, 7) is 2.68. The Labute approximate surface area is 196 Å². The number of hydrogen-bond acceptors (Lipinski definition) is 6. The van der Waals surface area contributed by atoms with Crippen LogP contribution in [-0.2, 0) is 19.1 Å². The number of nitrogens with one attached hydrogen (secondary N) is 2. The van der Waals surface area contributed by atoms with Crippen LogP contribution in [0.2, 0.25) is 0 Å². The lowest BCUT2D eigenvalue weighted by molar-refractivity contribution is -0.115. The van der Waals surface area contributed by atoms with Crippen molar-refractivity contribution in [1.82, 2.24) is 0 Å². The molecule has 8 nitrogen and oxygen atoms in total. The molecule has 4 N–H and O–H groups in total. The van der Waals surface area contributed by atoms with Gasteiger partial charge in [0.2, 0.25) is 11.8 Å². The standard InChI is InChI=1S/C14H14I3N3O5S/c1-5(21)19-11-8(15)7(13(23)24-3-4-25-14(18)26)9(16)12(10(11)17)20-6(2)22/h3-4H2,1-2H3,(H2,18,26)(H,19,21)(H,20,22). The van der Waals surface area contributed by atoms with E-state index in [0.29, 0.717) is 22.1 Å². The van der Waals surface area contributed by atoms with E-state index < -0.39 is 5.97 Å². The van der Waals surface area contributed by atoms with Gasteiger partial charge < -0.3 is 25.8 Å². The van der Waals surface area contributed by atoms with Crippen molar-refractivity contribution in [1.29, 1.82) is 0 Å². The summed E-state index contributed by atoms with van der Waals surface area (Å²) in [5, 5.41) is 5.23. The minimum Gasteiger partial charge on any atom is -0.468 e. The fourth-order valence-electron chi connectivity index (χ4n) is 1.76. The van der Waals surface area contributed by atoms with Crippen LogP contribution in [0.4, 0.5) is 11.4 Å². The number of rotatable bonds is 6. The molecule has 0 aromatic heterocycles. The smallest absolute Gasteiger partial charge is 0.340 e. The van der Waals surface area contributed by atoms with E-state index in [2.05, 4.69) is 22.9 Å². The normalized spacial score (nSPS) is 10.0. The largest absolute Gasteiger partial charge is 0.468 e. The van der Waals surface area contributed by atoms with Crippen molar-refractivity contribution in [3.63, 3.8) is 0 Å². The molecule has 0 atom stereocenters. The molecule has 0 aliphatic heterocycles. The van der Waals surface area contributed by atoms with Crippen LogP contribution in [0.25, 0.3) is 0 Å². The van der Waals surface area contributed by atoms with Crippen LogP contribution in [0, 0.1) is 10.7 Å². The van der Waals surface area contributed by atoms with Gasteiger partial charge in [0.05, 0.1) is 27.6 Å². The summed E-state index contributed by atoms with van der Waals surface area (Å²) in [5.41, 5.74) is 6.28. The molecule has 0 fully saturated rings. The van der Waals surface area contributed by atoms with Crippen molar-refractivity contribution in [3.8, 4) is 0 Å². The predicted octanol–water partition coefficient (Wildman–Crippen LogP) is 2.83. The van der Waals surface area contributed by atoms with Gasteiger partial charge in [-0.2, -0.15) is 0 Å². The number of anilines is 2. The molecule has 12 heteroatoms. The lowest BCUT2D eigenvalue weighted by Gasteiger charge is -2.19. The van der Waals surface area contributed by atoms with Gasteiger partial charge in [0, 0.05) is 13.8 Å². The molecule has 0 radical (unpaired) electrons. The molecule has 0 aliphatic rings. The van der Waals surface area contributed by atoms with Gasteiger partial charge in [-0.3, -0.25) is 9.59 Å². The van der Waals surface area contributed by atoms with Crippen molar-refractivity contribution in [3.05, 3.63) is 16.3 Å². The summed E-state index contributed by atoms with van der Waals surface area (Å²) in [4.78, 5) is 35.6. The Morgan fingerprint density at radius 2 is 1.35 bits per heavy atom. The number of ether oxygens (including phenoxy) is 2. The molecule has 142 valence electrons. The number of thiocarbonyl (C=S) groups is 1. The number of hydrogen-bond donors (Lipinski definition) is 3. The Morgan fingerprint density at radius 3 is 1.73 bits per heavy atom. The summed E-state index contributed by atoms with van der Waals surface area (Å²) < 4.78 is 11.7. The first-order valence-corrected chi connectivity index (χ1v) is 10.6. The molecule has 0 aliphatic carbocycles. The Balaban J connectivity index is 3.31. The van der Waals surface area contributed by atoms with Gasteiger partial charge in [0.25, 0.3) is 5.17 Å². The topological polar surface area (TPSA) is 120 Å². The van der Waals surface area contributed by atoms with Crippen LogP contribution < -0.4 is 16.4 Å². The van der Waals surface area contributed by atoms with Gasteiger partial charge in [-0.1, -0.05) is 0 Å². The van der Waals surface area contributed by atoms with Crippen molar-refractivity contribution < 1.29 is 23.9 Å². The van der Waals surface area contributed by atoms with Crippen molar-refractivity contribution in [2.45, 2.75) is 13.8 Å². The van der Waals surface area contributed by atoms with E-state index in [-0.39, 0.29) is 35.8 Å². The molecule has 1 aromatic rings. The molecular weight excluding hydrogens is 703 g/mol. The number of nitrogens with two attached hydrogens (primary N) is 1. The summed E-state index contributed by atoms with van der Waals surface area (Å²) >= 11 is 10.5. The average molecular weight is 717 g/mol. The minimum absolute atomic E-state index is 0.0235. The number of esters is 1. The minimum atomic E-state index is -0.625. The second-order valence-electron chi connectivity index (χ2n) is 4.73. The Morgan fingerprint density at radius 1 is 0.923 bits per heavy atom. The number of amides is 2. The number of halogens is 3. The lowest BCUT2D eigenvalue weighted by Crippen LogP contribution is -2.21. The Hall–Kier alpha value is -0.490. The van der Waals surface area contributed by atoms with Crippen LogP contribution >= 0.6 is 80.0 Å². The maximum Gasteiger partial charge on any atom is 0.340 e. The lowest BCUT2D eigenvalue weighted by atomic mass is 10.1. The molecule has 1 aromatic carbocycles. The van der Waals surface area contributed by atoms with Gasteiger partial charge in [-0.05, 0) is 80.0 Å². The summed E-state index contributed by atoms with van der Waals surface area (Å²) in [6.07, 6.45) is 0. The zero-order valence-electron chi connectivity index (χ0n) is 13.6. The zero-order valence-corrected chi connectivity index (χ0v) is 20.9. The monoisotopic (exact) mass is 717 g/mol. The quantitative estimate of drug-likeness (QED) is 0.179. The van der Waals surface area contributed by atoms with E-state index in [1.807, 2.05) is 67.8 Å². The second kappa shape index (κ2) is 10.7. The number of carbonyl (C=O) groups excluding carboxylic acids is 3. The maximum atomic E-state index is 12.5. The van der Waals surface area contributed by atoms with Crippen LogP contribution in [0.5, 0.6) is 0 Å². The van der Waals surface area contributed by atoms with Crippen molar-refractivity contribution in [2.24, 2.45) is 5.73 Å². The van der Waals surface area contributed by atoms with E-state index >= 15 is 0 Å². The van der Waals surface area contributed by atoms with Crippen LogP contribution in [-0.4, -0.2) is 36.2 Å². The highest BCUT2D eigenvalue weighted by atomic mass is 127. The highest BCUT2D eigenvalue weighted by Crippen LogP contribution is 2.39. The van der Waals surface area contributed by atoms with E-state index in [1.54, 1.807) is 0 Å². The fourth-order valence-corrected chi connectivity index (χ4v) is 5.99. The van der Waals surface area contributed by atoms with Gasteiger partial charge in [0.1, 0.15) is 13.2 Å². The van der Waals surface area contributed by atoms with Crippen LogP contribution in [0.15, 0.2) is 0 Å². The Kier molecular flexibility index (Phi) is 9.73.